The van der Waals surface area contributed by atoms with Crippen molar-refractivity contribution in [3.8, 4) is 0 Å². The summed E-state index contributed by atoms with van der Waals surface area (Å²) in [5, 5.41) is 16.1. The Kier molecular flexibility index (Phi) is 7.64. The number of hydrogen-bond donors (Lipinski definition) is 2. The van der Waals surface area contributed by atoms with Crippen LogP contribution in [0.5, 0.6) is 0 Å². The van der Waals surface area contributed by atoms with Crippen molar-refractivity contribution in [2.45, 2.75) is 48.6 Å². The van der Waals surface area contributed by atoms with E-state index in [2.05, 4.69) is 48.3 Å². The smallest absolute Gasteiger partial charge is 0.335 e. The van der Waals surface area contributed by atoms with E-state index in [1.54, 1.807) is 23.9 Å². The van der Waals surface area contributed by atoms with Crippen LogP contribution in [0.1, 0.15) is 65.6 Å². The largest absolute Gasteiger partial charge is 0.478 e. The molecule has 0 bridgehead atoms. The lowest BCUT2D eigenvalue weighted by atomic mass is 9.84. The topological polar surface area (TPSA) is 66.0 Å². The molecule has 0 spiro atoms. The number of aromatic amines is 1. The molecule has 2 aromatic carbocycles. The maximum atomic E-state index is 11.1. The minimum Gasteiger partial charge on any atom is -0.478 e. The van der Waals surface area contributed by atoms with Crippen LogP contribution in [0.2, 0.25) is 0 Å². The fraction of sp³-hybridized carbons (Fsp3) is 0.318. The Labute approximate surface area is 184 Å². The van der Waals surface area contributed by atoms with Gasteiger partial charge in [-0.15, -0.1) is 0 Å². The van der Waals surface area contributed by atoms with Gasteiger partial charge in [0.05, 0.1) is 5.56 Å². The van der Waals surface area contributed by atoms with Crippen molar-refractivity contribution in [2.24, 2.45) is 0 Å². The molecule has 2 N–H and O–H groups in total. The number of hydrogen-bond acceptors (Lipinski definition) is 5. The second-order valence-electron chi connectivity index (χ2n) is 7.08. The molecule has 0 fully saturated rings. The summed E-state index contributed by atoms with van der Waals surface area (Å²) >= 11 is 8.26. The third kappa shape index (κ3) is 6.01. The van der Waals surface area contributed by atoms with Crippen LogP contribution in [0.4, 0.5) is 0 Å². The molecular formula is C22H24N2O2S3. The van der Waals surface area contributed by atoms with Gasteiger partial charge in [0.15, 0.2) is 8.29 Å². The van der Waals surface area contributed by atoms with E-state index in [0.29, 0.717) is 21.4 Å². The van der Waals surface area contributed by atoms with Crippen LogP contribution in [-0.2, 0) is 5.75 Å². The predicted molar refractivity (Wildman–Crippen MR) is 123 cm³/mol. The monoisotopic (exact) mass is 444 g/mol. The van der Waals surface area contributed by atoms with Gasteiger partial charge in [0.2, 0.25) is 0 Å². The minimum atomic E-state index is -0.881. The molecule has 0 radical (unpaired) electrons. The van der Waals surface area contributed by atoms with Crippen molar-refractivity contribution >= 4 is 41.3 Å². The van der Waals surface area contributed by atoms with Crippen LogP contribution in [0, 0.1) is 3.95 Å². The Hall–Kier alpha value is -1.96. The molecule has 3 rings (SSSR count). The van der Waals surface area contributed by atoms with Crippen molar-refractivity contribution in [2.75, 3.05) is 0 Å². The lowest BCUT2D eigenvalue weighted by Gasteiger charge is -2.21. The Balaban J connectivity index is 1.60. The number of rotatable bonds is 9. The fourth-order valence-corrected chi connectivity index (χ4v) is 5.40. The van der Waals surface area contributed by atoms with Gasteiger partial charge in [-0.25, -0.2) is 4.79 Å². The molecule has 0 saturated carbocycles. The first kappa shape index (κ1) is 21.7. The van der Waals surface area contributed by atoms with E-state index in [-0.39, 0.29) is 0 Å². The van der Waals surface area contributed by atoms with Crippen LogP contribution in [0.15, 0.2) is 52.9 Å². The molecule has 1 heterocycles. The molecule has 7 heteroatoms. The van der Waals surface area contributed by atoms with Crippen molar-refractivity contribution < 1.29 is 9.90 Å². The number of nitrogens with one attached hydrogen (secondary N) is 1. The van der Waals surface area contributed by atoms with E-state index in [1.807, 2.05) is 12.1 Å². The SMILES string of the molecule is CCC(CC(C)c1ccc(CSc2n[nH]c(=S)s2)cc1)c1ccc(C(=O)O)cc1. The number of aromatic carboxylic acids is 1. The Morgan fingerprint density at radius 3 is 2.38 bits per heavy atom. The first-order valence-electron chi connectivity index (χ1n) is 9.56. The zero-order chi connectivity index (χ0) is 20.8. The standard InChI is InChI=1S/C22H24N2O2S3/c1-3-16(18-8-10-19(11-9-18)20(25)26)12-14(2)17-6-4-15(5-7-17)13-28-22-24-23-21(27)29-22/h4-11,14,16H,3,12-13H2,1-2H3,(H,23,27)(H,25,26). The summed E-state index contributed by atoms with van der Waals surface area (Å²) in [5.41, 5.74) is 4.14. The van der Waals surface area contributed by atoms with E-state index < -0.39 is 5.97 Å². The van der Waals surface area contributed by atoms with E-state index in [9.17, 15) is 4.79 Å². The first-order chi connectivity index (χ1) is 14.0. The summed E-state index contributed by atoms with van der Waals surface area (Å²) in [6.45, 7) is 4.45. The minimum absolute atomic E-state index is 0.338. The molecule has 29 heavy (non-hydrogen) atoms. The van der Waals surface area contributed by atoms with Crippen LogP contribution in [0.3, 0.4) is 0 Å². The quantitative estimate of drug-likeness (QED) is 0.278. The number of benzene rings is 2. The summed E-state index contributed by atoms with van der Waals surface area (Å²) in [6.07, 6.45) is 2.06. The van der Waals surface area contributed by atoms with Crippen molar-refractivity contribution in [1.29, 1.82) is 0 Å². The third-order valence-electron chi connectivity index (χ3n) is 5.09. The number of nitrogens with zero attached hydrogens (tertiary/aromatic N) is 1. The fourth-order valence-electron chi connectivity index (χ4n) is 3.36. The molecule has 0 amide bonds. The second kappa shape index (κ2) is 10.2. The molecule has 4 nitrogen and oxygen atoms in total. The predicted octanol–water partition coefficient (Wildman–Crippen LogP) is 6.88. The van der Waals surface area contributed by atoms with E-state index in [4.69, 9.17) is 17.3 Å². The van der Waals surface area contributed by atoms with Gasteiger partial charge in [0, 0.05) is 5.75 Å². The van der Waals surface area contributed by atoms with Crippen LogP contribution < -0.4 is 0 Å². The summed E-state index contributed by atoms with van der Waals surface area (Å²) in [5.74, 6) is 0.834. The number of carbonyl (C=O) groups is 1. The molecule has 0 aliphatic rings. The van der Waals surface area contributed by atoms with Gasteiger partial charge >= 0.3 is 5.97 Å². The van der Waals surface area contributed by atoms with E-state index in [1.165, 1.54) is 28.0 Å². The summed E-state index contributed by atoms with van der Waals surface area (Å²) in [7, 11) is 0. The summed E-state index contributed by atoms with van der Waals surface area (Å²) in [6, 6.07) is 16.1. The summed E-state index contributed by atoms with van der Waals surface area (Å²) < 4.78 is 1.67. The van der Waals surface area contributed by atoms with Gasteiger partial charge in [-0.2, -0.15) is 5.10 Å². The molecule has 2 unspecified atom stereocenters. The van der Waals surface area contributed by atoms with Crippen molar-refractivity contribution in [3.63, 3.8) is 0 Å². The highest BCUT2D eigenvalue weighted by Crippen LogP contribution is 2.33. The highest BCUT2D eigenvalue weighted by molar-refractivity contribution is 8.00. The Morgan fingerprint density at radius 2 is 1.83 bits per heavy atom. The molecular weight excluding hydrogens is 420 g/mol. The van der Waals surface area contributed by atoms with Crippen molar-refractivity contribution in [3.05, 3.63) is 74.7 Å². The van der Waals surface area contributed by atoms with E-state index >= 15 is 0 Å². The third-order valence-corrected chi connectivity index (χ3v) is 7.39. The van der Waals surface area contributed by atoms with Gasteiger partial charge in [-0.3, -0.25) is 5.10 Å². The first-order valence-corrected chi connectivity index (χ1v) is 11.8. The maximum absolute atomic E-state index is 11.1. The van der Waals surface area contributed by atoms with E-state index in [0.717, 1.165) is 22.9 Å². The molecule has 0 saturated heterocycles. The maximum Gasteiger partial charge on any atom is 0.335 e. The van der Waals surface area contributed by atoms with Crippen LogP contribution in [-0.4, -0.2) is 21.3 Å². The van der Waals surface area contributed by atoms with Gasteiger partial charge < -0.3 is 5.11 Å². The number of thioether (sulfide) groups is 1. The zero-order valence-corrected chi connectivity index (χ0v) is 18.9. The Morgan fingerprint density at radius 1 is 1.17 bits per heavy atom. The number of H-pyrrole nitrogens is 1. The van der Waals surface area contributed by atoms with Crippen LogP contribution in [0.25, 0.3) is 0 Å². The molecule has 152 valence electrons. The summed E-state index contributed by atoms with van der Waals surface area (Å²) in [4.78, 5) is 11.1. The molecule has 3 aromatic rings. The number of carboxylic acids is 1. The van der Waals surface area contributed by atoms with Gasteiger partial charge in [0.25, 0.3) is 0 Å². The molecule has 0 aliphatic heterocycles. The normalized spacial score (nSPS) is 13.2. The molecule has 0 aliphatic carbocycles. The van der Waals surface area contributed by atoms with Gasteiger partial charge in [0.1, 0.15) is 0 Å². The van der Waals surface area contributed by atoms with Crippen LogP contribution >= 0.6 is 35.3 Å². The average Bonchev–Trinajstić information content (AvgIpc) is 3.16. The second-order valence-corrected chi connectivity index (χ2v) is 9.97. The highest BCUT2D eigenvalue weighted by Gasteiger charge is 2.16. The lowest BCUT2D eigenvalue weighted by Crippen LogP contribution is -2.05. The Bertz CT molecular complexity index is 994. The van der Waals surface area contributed by atoms with Gasteiger partial charge in [-0.05, 0) is 65.7 Å². The lowest BCUT2D eigenvalue weighted by molar-refractivity contribution is 0.0697. The zero-order valence-electron chi connectivity index (χ0n) is 16.4. The molecule has 1 aromatic heterocycles. The molecule has 2 atom stereocenters. The number of carboxylic acid groups (broad SMARTS) is 1. The number of aromatic nitrogens is 2. The van der Waals surface area contributed by atoms with Gasteiger partial charge in [-0.1, -0.05) is 73.3 Å². The van der Waals surface area contributed by atoms with Crippen molar-refractivity contribution in [1.82, 2.24) is 10.2 Å². The average molecular weight is 445 g/mol. The highest BCUT2D eigenvalue weighted by atomic mass is 32.2.